The third-order valence-corrected chi connectivity index (χ3v) is 3.89. The number of aromatic nitrogens is 2. The van der Waals surface area contributed by atoms with Crippen molar-refractivity contribution < 1.29 is 9.50 Å². The molecular weight excluding hydrogens is 315 g/mol. The Hall–Kier alpha value is -2.90. The minimum absolute atomic E-state index is 0.121. The van der Waals surface area contributed by atoms with Crippen molar-refractivity contribution in [3.63, 3.8) is 0 Å². The molecule has 2 heterocycles. The van der Waals surface area contributed by atoms with Crippen LogP contribution < -0.4 is 11.2 Å². The molecule has 1 fully saturated rings. The van der Waals surface area contributed by atoms with E-state index < -0.39 is 22.9 Å². The second-order valence-electron chi connectivity index (χ2n) is 5.57. The van der Waals surface area contributed by atoms with Crippen molar-refractivity contribution in [2.45, 2.75) is 19.3 Å². The highest BCUT2D eigenvalue weighted by Crippen LogP contribution is 2.16. The van der Waals surface area contributed by atoms with E-state index in [2.05, 4.69) is 10.1 Å². The Morgan fingerprint density at radius 1 is 1.12 bits per heavy atom. The Morgan fingerprint density at radius 3 is 2.46 bits per heavy atom. The normalized spacial score (nSPS) is 15.1. The van der Waals surface area contributed by atoms with Gasteiger partial charge in [0.25, 0.3) is 5.56 Å². The number of hydrogen-bond donors (Lipinski definition) is 2. The number of aromatic hydroxyl groups is 1. The van der Waals surface area contributed by atoms with Crippen molar-refractivity contribution in [3.05, 3.63) is 56.5 Å². The number of hydrogen-bond acceptors (Lipinski definition) is 5. The van der Waals surface area contributed by atoms with Gasteiger partial charge in [-0.25, -0.2) is 13.8 Å². The van der Waals surface area contributed by atoms with Crippen molar-refractivity contribution in [2.24, 2.45) is 5.10 Å². The van der Waals surface area contributed by atoms with Crippen LogP contribution >= 0.6 is 0 Å². The van der Waals surface area contributed by atoms with Crippen molar-refractivity contribution >= 4 is 6.21 Å². The number of hydrazone groups is 1. The number of nitrogens with one attached hydrogen (secondary N) is 1. The third kappa shape index (κ3) is 3.22. The molecule has 3 rings (SSSR count). The molecule has 126 valence electrons. The molecule has 0 unspecified atom stereocenters. The minimum Gasteiger partial charge on any atom is -0.493 e. The lowest BCUT2D eigenvalue weighted by atomic mass is 10.2. The van der Waals surface area contributed by atoms with Gasteiger partial charge < -0.3 is 5.11 Å². The van der Waals surface area contributed by atoms with Gasteiger partial charge >= 0.3 is 5.69 Å². The lowest BCUT2D eigenvalue weighted by Gasteiger charge is -2.23. The van der Waals surface area contributed by atoms with Gasteiger partial charge in [0.1, 0.15) is 11.4 Å². The average molecular weight is 332 g/mol. The molecule has 0 atom stereocenters. The van der Waals surface area contributed by atoms with Gasteiger partial charge in [0.2, 0.25) is 5.88 Å². The molecule has 0 aliphatic carbocycles. The van der Waals surface area contributed by atoms with Gasteiger partial charge in [-0.15, -0.1) is 0 Å². The highest BCUT2D eigenvalue weighted by molar-refractivity contribution is 5.82. The first-order valence-corrected chi connectivity index (χ1v) is 7.69. The largest absolute Gasteiger partial charge is 0.493 e. The monoisotopic (exact) mass is 332 g/mol. The van der Waals surface area contributed by atoms with Gasteiger partial charge in [0, 0.05) is 13.1 Å². The van der Waals surface area contributed by atoms with Gasteiger partial charge in [-0.05, 0) is 43.5 Å². The van der Waals surface area contributed by atoms with E-state index in [1.165, 1.54) is 18.3 Å². The van der Waals surface area contributed by atoms with E-state index in [0.717, 1.165) is 49.1 Å². The van der Waals surface area contributed by atoms with Crippen molar-refractivity contribution in [1.82, 2.24) is 14.6 Å². The van der Waals surface area contributed by atoms with Crippen LogP contribution in [0.1, 0.15) is 24.8 Å². The number of nitrogens with zero attached hydrogens (tertiary/aromatic N) is 3. The molecule has 0 amide bonds. The highest BCUT2D eigenvalue weighted by atomic mass is 19.1. The van der Waals surface area contributed by atoms with Crippen LogP contribution in [0.25, 0.3) is 5.69 Å². The number of piperidine rings is 1. The summed E-state index contributed by atoms with van der Waals surface area (Å²) in [5.41, 5.74) is -1.41. The SMILES string of the molecule is O=c1[nH]c(=O)n(-c2ccc(F)cc2)c(O)c1C=NN1CCCCC1. The van der Waals surface area contributed by atoms with Crippen LogP contribution in [-0.4, -0.2) is 39.0 Å². The van der Waals surface area contributed by atoms with Crippen LogP contribution in [0.5, 0.6) is 5.88 Å². The number of rotatable bonds is 3. The molecule has 1 saturated heterocycles. The first kappa shape index (κ1) is 16.0. The van der Waals surface area contributed by atoms with Gasteiger partial charge in [-0.2, -0.15) is 5.10 Å². The van der Waals surface area contributed by atoms with E-state index in [-0.39, 0.29) is 11.3 Å². The fourth-order valence-corrected chi connectivity index (χ4v) is 2.62. The van der Waals surface area contributed by atoms with Crippen LogP contribution in [0.4, 0.5) is 4.39 Å². The number of halogens is 1. The topological polar surface area (TPSA) is 90.7 Å². The summed E-state index contributed by atoms with van der Waals surface area (Å²) in [6, 6.07) is 4.99. The summed E-state index contributed by atoms with van der Waals surface area (Å²) in [5, 5.41) is 16.4. The van der Waals surface area contributed by atoms with Gasteiger partial charge in [-0.3, -0.25) is 14.8 Å². The van der Waals surface area contributed by atoms with Gasteiger partial charge in [0.15, 0.2) is 0 Å². The molecule has 7 nitrogen and oxygen atoms in total. The van der Waals surface area contributed by atoms with Crippen LogP contribution in [0.3, 0.4) is 0 Å². The molecule has 0 spiro atoms. The predicted molar refractivity (Wildman–Crippen MR) is 87.3 cm³/mol. The molecule has 1 aliphatic heterocycles. The molecule has 24 heavy (non-hydrogen) atoms. The molecule has 0 saturated carbocycles. The van der Waals surface area contributed by atoms with Crippen molar-refractivity contribution in [3.8, 4) is 11.6 Å². The summed E-state index contributed by atoms with van der Waals surface area (Å²) in [6.07, 6.45) is 4.44. The molecule has 1 aromatic carbocycles. The van der Waals surface area contributed by atoms with E-state index in [9.17, 15) is 19.1 Å². The molecule has 1 aromatic heterocycles. The predicted octanol–water partition coefficient (Wildman–Crippen LogP) is 1.19. The van der Waals surface area contributed by atoms with Crippen molar-refractivity contribution in [2.75, 3.05) is 13.1 Å². The summed E-state index contributed by atoms with van der Waals surface area (Å²) in [4.78, 5) is 26.1. The van der Waals surface area contributed by atoms with Crippen molar-refractivity contribution in [1.29, 1.82) is 0 Å². The van der Waals surface area contributed by atoms with Crippen LogP contribution in [0, 0.1) is 5.82 Å². The van der Waals surface area contributed by atoms with E-state index in [1.807, 2.05) is 5.01 Å². The fraction of sp³-hybridized carbons (Fsp3) is 0.312. The van der Waals surface area contributed by atoms with E-state index in [0.29, 0.717) is 0 Å². The fourth-order valence-electron chi connectivity index (χ4n) is 2.62. The average Bonchev–Trinajstić information content (AvgIpc) is 2.57. The standard InChI is InChI=1S/C16H17FN4O3/c17-11-4-6-12(7-5-11)21-15(23)13(14(22)19-16(21)24)10-18-20-8-2-1-3-9-20/h4-7,10,23H,1-3,8-9H2,(H,19,22,24). The van der Waals surface area contributed by atoms with Gasteiger partial charge in [0.05, 0.1) is 11.9 Å². The maximum absolute atomic E-state index is 13.0. The Labute approximate surface area is 136 Å². The van der Waals surface area contributed by atoms with E-state index >= 15 is 0 Å². The van der Waals surface area contributed by atoms with Crippen LogP contribution in [-0.2, 0) is 0 Å². The molecule has 2 aromatic rings. The van der Waals surface area contributed by atoms with E-state index in [4.69, 9.17) is 0 Å². The zero-order chi connectivity index (χ0) is 17.1. The number of benzene rings is 1. The Morgan fingerprint density at radius 2 is 1.79 bits per heavy atom. The minimum atomic E-state index is -0.806. The second kappa shape index (κ2) is 6.69. The lowest BCUT2D eigenvalue weighted by molar-refractivity contribution is 0.240. The lowest BCUT2D eigenvalue weighted by Crippen LogP contribution is -2.32. The first-order chi connectivity index (χ1) is 11.6. The molecule has 8 heteroatoms. The highest BCUT2D eigenvalue weighted by Gasteiger charge is 2.15. The molecule has 2 N–H and O–H groups in total. The maximum Gasteiger partial charge on any atom is 0.335 e. The van der Waals surface area contributed by atoms with E-state index in [1.54, 1.807) is 0 Å². The number of H-pyrrole nitrogens is 1. The second-order valence-corrected chi connectivity index (χ2v) is 5.57. The quantitative estimate of drug-likeness (QED) is 0.826. The van der Waals surface area contributed by atoms with Gasteiger partial charge in [-0.1, -0.05) is 0 Å². The molecule has 1 aliphatic rings. The zero-order valence-corrected chi connectivity index (χ0v) is 12.9. The zero-order valence-electron chi connectivity index (χ0n) is 12.9. The smallest absolute Gasteiger partial charge is 0.335 e. The first-order valence-electron chi connectivity index (χ1n) is 7.69. The van der Waals surface area contributed by atoms with Crippen LogP contribution in [0.15, 0.2) is 39.0 Å². The summed E-state index contributed by atoms with van der Waals surface area (Å²) in [5.74, 6) is -1.00. The molecule has 0 bridgehead atoms. The Kier molecular flexibility index (Phi) is 4.45. The Bertz CT molecular complexity index is 864. The molecule has 0 radical (unpaired) electrons. The number of aromatic amines is 1. The maximum atomic E-state index is 13.0. The molecular formula is C16H17FN4O3. The summed E-state index contributed by atoms with van der Waals surface area (Å²) >= 11 is 0. The Balaban J connectivity index is 2.02. The third-order valence-electron chi connectivity index (χ3n) is 3.89. The summed E-state index contributed by atoms with van der Waals surface area (Å²) in [6.45, 7) is 1.57. The summed E-state index contributed by atoms with van der Waals surface area (Å²) in [7, 11) is 0. The summed E-state index contributed by atoms with van der Waals surface area (Å²) < 4.78 is 13.9. The van der Waals surface area contributed by atoms with Crippen LogP contribution in [0.2, 0.25) is 0 Å².